The quantitative estimate of drug-likeness (QED) is 0.846. The van der Waals surface area contributed by atoms with Crippen molar-refractivity contribution < 1.29 is 9.59 Å². The Hall–Kier alpha value is -2.67. The summed E-state index contributed by atoms with van der Waals surface area (Å²) in [5.74, 6) is 0.374. The molecule has 1 saturated heterocycles. The number of carbonyl (C=O) groups is 2. The van der Waals surface area contributed by atoms with Crippen LogP contribution in [0.1, 0.15) is 16.1 Å². The normalized spacial score (nSPS) is 14.3. The first-order chi connectivity index (χ1) is 12.1. The number of aromatic nitrogens is 2. The number of rotatable bonds is 4. The van der Waals surface area contributed by atoms with E-state index in [-0.39, 0.29) is 5.91 Å². The van der Waals surface area contributed by atoms with E-state index in [0.29, 0.717) is 42.7 Å². The molecule has 1 aliphatic heterocycles. The molecule has 0 radical (unpaired) electrons. The van der Waals surface area contributed by atoms with E-state index in [9.17, 15) is 9.59 Å². The van der Waals surface area contributed by atoms with E-state index in [2.05, 4.69) is 15.3 Å². The molecule has 0 spiro atoms. The zero-order valence-corrected chi connectivity index (χ0v) is 14.5. The predicted molar refractivity (Wildman–Crippen MR) is 95.0 cm³/mol. The highest BCUT2D eigenvalue weighted by molar-refractivity contribution is 6.30. The minimum Gasteiger partial charge on any atom is -0.342 e. The molecule has 8 heteroatoms. The maximum atomic E-state index is 12.6. The Bertz CT molecular complexity index is 790. The number of carbonyl (C=O) groups excluding carboxylic acids is 2. The number of nitrogens with one attached hydrogen (secondary N) is 1. The highest BCUT2D eigenvalue weighted by Crippen LogP contribution is 2.22. The summed E-state index contributed by atoms with van der Waals surface area (Å²) in [6, 6.07) is 7.13. The van der Waals surface area contributed by atoms with Gasteiger partial charge in [0.25, 0.3) is 5.91 Å². The number of hydrogen-bond acceptors (Lipinski definition) is 5. The fourth-order valence-corrected chi connectivity index (χ4v) is 2.87. The van der Waals surface area contributed by atoms with Crippen molar-refractivity contribution in [1.29, 1.82) is 0 Å². The van der Waals surface area contributed by atoms with Crippen LogP contribution in [0.25, 0.3) is 0 Å². The Morgan fingerprint density at radius 3 is 2.64 bits per heavy atom. The summed E-state index contributed by atoms with van der Waals surface area (Å²) in [5, 5.41) is 3.84. The van der Waals surface area contributed by atoms with E-state index in [1.807, 2.05) is 19.1 Å². The first kappa shape index (κ1) is 17.2. The van der Waals surface area contributed by atoms with Crippen molar-refractivity contribution in [3.05, 3.63) is 46.9 Å². The highest BCUT2D eigenvalue weighted by atomic mass is 35.5. The fourth-order valence-electron chi connectivity index (χ4n) is 2.64. The molecule has 25 heavy (non-hydrogen) atoms. The zero-order chi connectivity index (χ0) is 17.8. The summed E-state index contributed by atoms with van der Waals surface area (Å²) in [6.07, 6.45) is 2.17. The molecule has 0 aliphatic carbocycles. The molecule has 2 aromatic rings. The second kappa shape index (κ2) is 7.48. The average Bonchev–Trinajstić information content (AvgIpc) is 2.64. The summed E-state index contributed by atoms with van der Waals surface area (Å²) in [7, 11) is 0. The van der Waals surface area contributed by atoms with E-state index < -0.39 is 0 Å². The van der Waals surface area contributed by atoms with Crippen LogP contribution in [0.15, 0.2) is 30.6 Å². The van der Waals surface area contributed by atoms with Gasteiger partial charge in [-0.25, -0.2) is 9.97 Å². The first-order valence-electron chi connectivity index (χ1n) is 7.90. The smallest absolute Gasteiger partial charge is 0.272 e. The Morgan fingerprint density at radius 1 is 1.20 bits per heavy atom. The summed E-state index contributed by atoms with van der Waals surface area (Å²) in [5.41, 5.74) is 2.16. The monoisotopic (exact) mass is 359 g/mol. The molecule has 130 valence electrons. The molecule has 0 bridgehead atoms. The van der Waals surface area contributed by atoms with Gasteiger partial charge in [0.05, 0.1) is 0 Å². The van der Waals surface area contributed by atoms with Gasteiger partial charge in [0.15, 0.2) is 0 Å². The highest BCUT2D eigenvalue weighted by Gasteiger charge is 2.22. The van der Waals surface area contributed by atoms with Crippen molar-refractivity contribution in [3.8, 4) is 0 Å². The molecule has 1 aromatic heterocycles. The Morgan fingerprint density at radius 2 is 1.96 bits per heavy atom. The van der Waals surface area contributed by atoms with Crippen LogP contribution in [0, 0.1) is 6.92 Å². The van der Waals surface area contributed by atoms with Gasteiger partial charge in [-0.1, -0.05) is 11.6 Å². The first-order valence-corrected chi connectivity index (χ1v) is 8.28. The van der Waals surface area contributed by atoms with Crippen LogP contribution in [0.5, 0.6) is 0 Å². The number of benzene rings is 1. The van der Waals surface area contributed by atoms with Crippen molar-refractivity contribution >= 4 is 35.4 Å². The predicted octanol–water partition coefficient (Wildman–Crippen LogP) is 2.10. The third-order valence-corrected chi connectivity index (χ3v) is 4.32. The lowest BCUT2D eigenvalue weighted by molar-refractivity contribution is -0.119. The summed E-state index contributed by atoms with van der Waals surface area (Å²) in [4.78, 5) is 35.0. The third kappa shape index (κ3) is 4.06. The molecule has 7 nitrogen and oxygen atoms in total. The van der Waals surface area contributed by atoms with Crippen LogP contribution < -0.4 is 5.32 Å². The molecule has 1 N–H and O–H groups in total. The molecule has 0 atom stereocenters. The third-order valence-electron chi connectivity index (χ3n) is 4.09. The van der Waals surface area contributed by atoms with Crippen LogP contribution in [-0.2, 0) is 4.79 Å². The molecule has 2 amide bonds. The lowest BCUT2D eigenvalue weighted by Crippen LogP contribution is -2.48. The summed E-state index contributed by atoms with van der Waals surface area (Å²) >= 11 is 5.96. The summed E-state index contributed by atoms with van der Waals surface area (Å²) in [6.45, 7) is 4.01. The molecule has 1 aromatic carbocycles. The number of piperazine rings is 1. The molecule has 1 fully saturated rings. The number of nitrogens with zero attached hydrogens (tertiary/aromatic N) is 4. The van der Waals surface area contributed by atoms with Gasteiger partial charge in [-0.15, -0.1) is 0 Å². The van der Waals surface area contributed by atoms with Crippen molar-refractivity contribution in [1.82, 2.24) is 19.8 Å². The van der Waals surface area contributed by atoms with Crippen LogP contribution in [0.2, 0.25) is 5.02 Å². The number of hydrogen-bond donors (Lipinski definition) is 1. The van der Waals surface area contributed by atoms with E-state index in [4.69, 9.17) is 11.6 Å². The lowest BCUT2D eigenvalue weighted by Gasteiger charge is -2.32. The van der Waals surface area contributed by atoms with Gasteiger partial charge in [0.1, 0.15) is 17.8 Å². The maximum Gasteiger partial charge on any atom is 0.272 e. The topological polar surface area (TPSA) is 78.4 Å². The SMILES string of the molecule is Cc1cc(Cl)ccc1Nc1cc(C(=O)N2CCN(C=O)CC2)ncn1. The average molecular weight is 360 g/mol. The second-order valence-corrected chi connectivity index (χ2v) is 6.24. The second-order valence-electron chi connectivity index (χ2n) is 5.81. The van der Waals surface area contributed by atoms with Crippen LogP contribution in [0.4, 0.5) is 11.5 Å². The van der Waals surface area contributed by atoms with E-state index >= 15 is 0 Å². The molecule has 1 aliphatic rings. The van der Waals surface area contributed by atoms with Gasteiger partial charge in [-0.05, 0) is 30.7 Å². The minimum atomic E-state index is -0.163. The van der Waals surface area contributed by atoms with Crippen LogP contribution in [0.3, 0.4) is 0 Å². The van der Waals surface area contributed by atoms with Gasteiger partial charge in [-0.2, -0.15) is 0 Å². The van der Waals surface area contributed by atoms with E-state index in [1.165, 1.54) is 6.33 Å². The van der Waals surface area contributed by atoms with Gasteiger partial charge in [0, 0.05) is 43.0 Å². The van der Waals surface area contributed by atoms with Crippen LogP contribution >= 0.6 is 11.6 Å². The Labute approximate surface area is 150 Å². The van der Waals surface area contributed by atoms with E-state index in [1.54, 1.807) is 21.9 Å². The van der Waals surface area contributed by atoms with Gasteiger partial charge in [0.2, 0.25) is 6.41 Å². The lowest BCUT2D eigenvalue weighted by atomic mass is 10.2. The van der Waals surface area contributed by atoms with Crippen LogP contribution in [-0.4, -0.2) is 58.3 Å². The standard InChI is InChI=1S/C17H18ClN5O2/c1-12-8-13(18)2-3-14(12)21-16-9-15(19-10-20-16)17(25)23-6-4-22(11-24)5-7-23/h2-3,8-11H,4-7H2,1H3,(H,19,20,21). The zero-order valence-electron chi connectivity index (χ0n) is 13.8. The van der Waals surface area contributed by atoms with Crippen molar-refractivity contribution in [2.24, 2.45) is 0 Å². The number of anilines is 2. The van der Waals surface area contributed by atoms with Crippen molar-refractivity contribution in [2.75, 3.05) is 31.5 Å². The number of aryl methyl sites for hydroxylation is 1. The Kier molecular flexibility index (Phi) is 5.14. The minimum absolute atomic E-state index is 0.163. The molecular weight excluding hydrogens is 342 g/mol. The van der Waals surface area contributed by atoms with Gasteiger partial charge < -0.3 is 15.1 Å². The van der Waals surface area contributed by atoms with Gasteiger partial charge in [-0.3, -0.25) is 9.59 Å². The number of halogens is 1. The van der Waals surface area contributed by atoms with Crippen molar-refractivity contribution in [2.45, 2.75) is 6.92 Å². The number of amides is 2. The molecule has 0 saturated carbocycles. The summed E-state index contributed by atoms with van der Waals surface area (Å²) < 4.78 is 0. The van der Waals surface area contributed by atoms with Crippen molar-refractivity contribution in [3.63, 3.8) is 0 Å². The fraction of sp³-hybridized carbons (Fsp3) is 0.294. The molecule has 3 rings (SSSR count). The largest absolute Gasteiger partial charge is 0.342 e. The molecule has 0 unspecified atom stereocenters. The maximum absolute atomic E-state index is 12.6. The van der Waals surface area contributed by atoms with E-state index in [0.717, 1.165) is 17.7 Å². The molecule has 2 heterocycles. The van der Waals surface area contributed by atoms with Gasteiger partial charge >= 0.3 is 0 Å². The Balaban J connectivity index is 1.73. The molecular formula is C17H18ClN5O2.